The fraction of sp³-hybridized carbons (Fsp3) is 0.500. The van der Waals surface area contributed by atoms with Crippen molar-refractivity contribution in [1.29, 1.82) is 0 Å². The Balaban J connectivity index is 2.07. The minimum Gasteiger partial charge on any atom is -0.327 e. The second-order valence-corrected chi connectivity index (χ2v) is 5.59. The number of amides is 1. The number of rotatable bonds is 2. The van der Waals surface area contributed by atoms with Crippen LogP contribution in [-0.2, 0) is 4.79 Å². The average Bonchev–Trinajstić information content (AvgIpc) is 2.68. The number of nitrogens with one attached hydrogen (secondary N) is 1. The molecule has 1 aromatic rings. The average molecular weight is 364 g/mol. The predicted molar refractivity (Wildman–Crippen MR) is 71.4 cm³/mol. The number of nitrogens with two attached hydrogens (primary N) is 1. The molecule has 0 aromatic carbocycles. The number of nitrogens with zero attached hydrogens (tertiary/aromatic N) is 2. The van der Waals surface area contributed by atoms with Crippen molar-refractivity contribution in [2.24, 2.45) is 11.7 Å². The van der Waals surface area contributed by atoms with Gasteiger partial charge in [-0.2, -0.15) is 0 Å². The van der Waals surface area contributed by atoms with Crippen LogP contribution in [0.25, 0.3) is 0 Å². The van der Waals surface area contributed by atoms with Crippen molar-refractivity contribution in [1.82, 2.24) is 9.97 Å². The van der Waals surface area contributed by atoms with E-state index >= 15 is 0 Å². The van der Waals surface area contributed by atoms with Crippen molar-refractivity contribution in [3.05, 3.63) is 15.4 Å². The molecule has 1 aliphatic carbocycles. The maximum absolute atomic E-state index is 12.0. The second-order valence-electron chi connectivity index (χ2n) is 4.02. The molecular weight excluding hydrogens is 352 g/mol. The summed E-state index contributed by atoms with van der Waals surface area (Å²) in [5, 5.41) is 2.75. The molecule has 1 heterocycles. The van der Waals surface area contributed by atoms with Crippen molar-refractivity contribution in [2.45, 2.75) is 25.3 Å². The lowest BCUT2D eigenvalue weighted by Crippen LogP contribution is -2.34. The number of halogens is 2. The highest BCUT2D eigenvalue weighted by molar-refractivity contribution is 9.11. The summed E-state index contributed by atoms with van der Waals surface area (Å²) in [5.74, 6) is 0.233. The van der Waals surface area contributed by atoms with Crippen molar-refractivity contribution in [2.75, 3.05) is 5.32 Å². The third kappa shape index (κ3) is 3.02. The van der Waals surface area contributed by atoms with Gasteiger partial charge in [0.25, 0.3) is 0 Å². The topological polar surface area (TPSA) is 80.9 Å². The van der Waals surface area contributed by atoms with Gasteiger partial charge in [0.1, 0.15) is 9.21 Å². The summed E-state index contributed by atoms with van der Waals surface area (Å²) in [6.07, 6.45) is 4.29. The number of hydrogen-bond donors (Lipinski definition) is 2. The van der Waals surface area contributed by atoms with Crippen LogP contribution in [0, 0.1) is 5.92 Å². The summed E-state index contributed by atoms with van der Waals surface area (Å²) < 4.78 is 1.12. The van der Waals surface area contributed by atoms with E-state index in [1.807, 2.05) is 0 Å². The summed E-state index contributed by atoms with van der Waals surface area (Å²) >= 11 is 6.45. The normalized spacial score (nSPS) is 23.7. The Bertz CT molecular complexity index is 440. The molecule has 1 saturated carbocycles. The monoisotopic (exact) mass is 362 g/mol. The molecule has 92 valence electrons. The fourth-order valence-electron chi connectivity index (χ4n) is 1.95. The first-order chi connectivity index (χ1) is 8.08. The van der Waals surface area contributed by atoms with E-state index in [-0.39, 0.29) is 17.9 Å². The van der Waals surface area contributed by atoms with Crippen molar-refractivity contribution < 1.29 is 4.79 Å². The Morgan fingerprint density at radius 2 is 2.24 bits per heavy atom. The zero-order valence-electron chi connectivity index (χ0n) is 8.99. The van der Waals surface area contributed by atoms with Crippen molar-refractivity contribution >= 4 is 43.6 Å². The van der Waals surface area contributed by atoms with E-state index in [1.165, 1.54) is 6.20 Å². The van der Waals surface area contributed by atoms with Gasteiger partial charge in [0.15, 0.2) is 5.82 Å². The van der Waals surface area contributed by atoms with Crippen LogP contribution >= 0.6 is 31.9 Å². The first-order valence-electron chi connectivity index (χ1n) is 5.32. The number of anilines is 1. The third-order valence-electron chi connectivity index (χ3n) is 2.85. The fourth-order valence-corrected chi connectivity index (χ4v) is 2.86. The Hall–Kier alpha value is -0.530. The summed E-state index contributed by atoms with van der Waals surface area (Å²) in [6.45, 7) is 0. The summed E-state index contributed by atoms with van der Waals surface area (Å²) in [5.41, 5.74) is 5.88. The first kappa shape index (κ1) is 12.9. The molecule has 0 bridgehead atoms. The smallest absolute Gasteiger partial charge is 0.230 e. The van der Waals surface area contributed by atoms with Gasteiger partial charge in [-0.05, 0) is 44.7 Å². The number of hydrogen-bond acceptors (Lipinski definition) is 4. The van der Waals surface area contributed by atoms with Gasteiger partial charge in [-0.25, -0.2) is 9.97 Å². The first-order valence-corrected chi connectivity index (χ1v) is 6.91. The Morgan fingerprint density at radius 1 is 1.47 bits per heavy atom. The van der Waals surface area contributed by atoms with E-state index in [9.17, 15) is 4.79 Å². The minimum absolute atomic E-state index is 0.0443. The molecule has 1 amide bonds. The molecule has 0 radical (unpaired) electrons. The zero-order valence-corrected chi connectivity index (χ0v) is 12.2. The number of carbonyl (C=O) groups excluding carboxylic acids is 1. The van der Waals surface area contributed by atoms with E-state index in [0.717, 1.165) is 19.3 Å². The van der Waals surface area contributed by atoms with Crippen LogP contribution in [0.15, 0.2) is 15.4 Å². The molecule has 0 spiro atoms. The SMILES string of the molecule is NC1CCCC1C(=O)Nc1ncc(Br)nc1Br. The van der Waals surface area contributed by atoms with Gasteiger partial charge < -0.3 is 11.1 Å². The molecule has 0 aliphatic heterocycles. The van der Waals surface area contributed by atoms with E-state index in [2.05, 4.69) is 47.1 Å². The Labute approximate surface area is 116 Å². The zero-order chi connectivity index (χ0) is 12.4. The van der Waals surface area contributed by atoms with Gasteiger partial charge in [-0.15, -0.1) is 0 Å². The van der Waals surface area contributed by atoms with Gasteiger partial charge in [-0.1, -0.05) is 6.42 Å². The lowest BCUT2D eigenvalue weighted by molar-refractivity contribution is -0.120. The quantitative estimate of drug-likeness (QED) is 0.842. The highest BCUT2D eigenvalue weighted by Crippen LogP contribution is 2.26. The lowest BCUT2D eigenvalue weighted by Gasteiger charge is -2.14. The summed E-state index contributed by atoms with van der Waals surface area (Å²) in [4.78, 5) is 20.2. The molecule has 0 saturated heterocycles. The van der Waals surface area contributed by atoms with Gasteiger partial charge in [0.05, 0.1) is 12.1 Å². The summed E-state index contributed by atoms with van der Waals surface area (Å²) in [7, 11) is 0. The van der Waals surface area contributed by atoms with Gasteiger partial charge in [0, 0.05) is 6.04 Å². The van der Waals surface area contributed by atoms with E-state index in [0.29, 0.717) is 15.0 Å². The van der Waals surface area contributed by atoms with Crippen LogP contribution in [0.4, 0.5) is 5.82 Å². The molecule has 1 aromatic heterocycles. The number of aromatic nitrogens is 2. The van der Waals surface area contributed by atoms with Crippen LogP contribution in [0.5, 0.6) is 0 Å². The molecule has 1 fully saturated rings. The Kier molecular flexibility index (Phi) is 4.11. The molecule has 7 heteroatoms. The van der Waals surface area contributed by atoms with Crippen LogP contribution in [-0.4, -0.2) is 21.9 Å². The molecule has 17 heavy (non-hydrogen) atoms. The highest BCUT2D eigenvalue weighted by atomic mass is 79.9. The van der Waals surface area contributed by atoms with E-state index in [1.54, 1.807) is 0 Å². The van der Waals surface area contributed by atoms with E-state index in [4.69, 9.17) is 5.73 Å². The Morgan fingerprint density at radius 3 is 2.82 bits per heavy atom. The summed E-state index contributed by atoms with van der Waals surface area (Å²) in [6, 6.07) is -0.0443. The maximum atomic E-state index is 12.0. The van der Waals surface area contributed by atoms with Crippen LogP contribution in [0.3, 0.4) is 0 Å². The van der Waals surface area contributed by atoms with Crippen molar-refractivity contribution in [3.63, 3.8) is 0 Å². The van der Waals surface area contributed by atoms with E-state index < -0.39 is 0 Å². The van der Waals surface area contributed by atoms with Gasteiger partial charge >= 0.3 is 0 Å². The lowest BCUT2D eigenvalue weighted by atomic mass is 10.0. The molecule has 2 atom stereocenters. The second kappa shape index (κ2) is 5.41. The molecule has 2 rings (SSSR count). The number of carbonyl (C=O) groups is 1. The van der Waals surface area contributed by atoms with Gasteiger partial charge in [0.2, 0.25) is 5.91 Å². The predicted octanol–water partition coefficient (Wildman–Crippen LogP) is 2.07. The van der Waals surface area contributed by atoms with Crippen LogP contribution in [0.1, 0.15) is 19.3 Å². The molecule has 3 N–H and O–H groups in total. The molecule has 5 nitrogen and oxygen atoms in total. The highest BCUT2D eigenvalue weighted by Gasteiger charge is 2.30. The standard InChI is InChI=1S/C10H12Br2N4O/c11-7-4-14-9(8(12)15-7)16-10(17)5-2-1-3-6(5)13/h4-6H,1-3,13H2,(H,14,16,17). The minimum atomic E-state index is -0.118. The van der Waals surface area contributed by atoms with Crippen LogP contribution < -0.4 is 11.1 Å². The third-order valence-corrected chi connectivity index (χ3v) is 3.78. The maximum Gasteiger partial charge on any atom is 0.230 e. The molecule has 2 unspecified atom stereocenters. The van der Waals surface area contributed by atoms with Gasteiger partial charge in [-0.3, -0.25) is 4.79 Å². The largest absolute Gasteiger partial charge is 0.327 e. The molecule has 1 aliphatic rings. The van der Waals surface area contributed by atoms with Crippen molar-refractivity contribution in [3.8, 4) is 0 Å². The van der Waals surface area contributed by atoms with Crippen LogP contribution in [0.2, 0.25) is 0 Å². The molecular formula is C10H12Br2N4O.